The number of amides is 2. The minimum atomic E-state index is -0.476. The highest BCUT2D eigenvalue weighted by Gasteiger charge is 2.24. The van der Waals surface area contributed by atoms with Crippen molar-refractivity contribution < 1.29 is 14.3 Å². The van der Waals surface area contributed by atoms with Gasteiger partial charge in [0.25, 0.3) is 0 Å². The van der Waals surface area contributed by atoms with Crippen molar-refractivity contribution in [3.8, 4) is 11.3 Å². The minimum absolute atomic E-state index is 0.0597. The highest BCUT2D eigenvalue weighted by atomic mass is 35.5. The molecule has 114 valence electrons. The van der Waals surface area contributed by atoms with Gasteiger partial charge in [-0.3, -0.25) is 15.0 Å². The Morgan fingerprint density at radius 1 is 1.41 bits per heavy atom. The summed E-state index contributed by atoms with van der Waals surface area (Å²) >= 11 is 5.84. The van der Waals surface area contributed by atoms with Gasteiger partial charge in [-0.25, -0.2) is 9.78 Å². The molecule has 0 bridgehead atoms. The number of benzene rings is 1. The van der Waals surface area contributed by atoms with E-state index in [-0.39, 0.29) is 12.5 Å². The molecule has 1 fully saturated rings. The highest BCUT2D eigenvalue weighted by molar-refractivity contribution is 6.30. The number of halogens is 1. The molecule has 2 heterocycles. The molecule has 1 saturated heterocycles. The minimum Gasteiger partial charge on any atom is -0.448 e. The van der Waals surface area contributed by atoms with Gasteiger partial charge in [0.2, 0.25) is 11.9 Å². The van der Waals surface area contributed by atoms with Crippen LogP contribution in [0.5, 0.6) is 0 Å². The summed E-state index contributed by atoms with van der Waals surface area (Å²) in [5.74, 6) is -0.0154. The summed E-state index contributed by atoms with van der Waals surface area (Å²) in [6.45, 7) is 0.670. The van der Waals surface area contributed by atoms with Crippen molar-refractivity contribution >= 4 is 29.5 Å². The number of nitrogens with one attached hydrogen (secondary N) is 2. The highest BCUT2D eigenvalue weighted by Crippen LogP contribution is 2.20. The van der Waals surface area contributed by atoms with E-state index < -0.39 is 6.09 Å². The van der Waals surface area contributed by atoms with Crippen molar-refractivity contribution in [2.75, 3.05) is 25.0 Å². The molecule has 8 heteroatoms. The maximum absolute atomic E-state index is 11.9. The lowest BCUT2D eigenvalue weighted by atomic mass is 10.2. The second kappa shape index (κ2) is 6.07. The lowest BCUT2D eigenvalue weighted by Crippen LogP contribution is -2.34. The first-order valence-corrected chi connectivity index (χ1v) is 7.02. The number of hydrogen-bond donors (Lipinski definition) is 2. The summed E-state index contributed by atoms with van der Waals surface area (Å²) in [7, 11) is 0. The molecule has 1 aliphatic heterocycles. The Labute approximate surface area is 131 Å². The molecule has 0 saturated carbocycles. The molecular formula is C14H13ClN4O3. The van der Waals surface area contributed by atoms with Gasteiger partial charge in [-0.1, -0.05) is 23.7 Å². The third-order valence-corrected chi connectivity index (χ3v) is 3.42. The average Bonchev–Trinajstić information content (AvgIpc) is 3.10. The lowest BCUT2D eigenvalue weighted by Gasteiger charge is -2.11. The van der Waals surface area contributed by atoms with Gasteiger partial charge in [0, 0.05) is 5.02 Å². The molecule has 0 unspecified atom stereocenters. The van der Waals surface area contributed by atoms with E-state index in [4.69, 9.17) is 16.3 Å². The molecule has 0 spiro atoms. The maximum atomic E-state index is 11.9. The third-order valence-electron chi connectivity index (χ3n) is 3.17. The summed E-state index contributed by atoms with van der Waals surface area (Å²) in [4.78, 5) is 31.6. The molecule has 22 heavy (non-hydrogen) atoms. The van der Waals surface area contributed by atoms with Gasteiger partial charge in [-0.2, -0.15) is 0 Å². The Morgan fingerprint density at radius 3 is 2.86 bits per heavy atom. The van der Waals surface area contributed by atoms with Gasteiger partial charge in [0.15, 0.2) is 0 Å². The SMILES string of the molecule is O=C(CN1CCOC1=O)Nc1ncc(-c2ccc(Cl)cc2)[nH]1. The summed E-state index contributed by atoms with van der Waals surface area (Å²) < 4.78 is 4.76. The number of ether oxygens (including phenoxy) is 1. The molecule has 0 radical (unpaired) electrons. The number of anilines is 1. The Bertz CT molecular complexity index is 698. The zero-order valence-electron chi connectivity index (χ0n) is 11.5. The third kappa shape index (κ3) is 3.20. The van der Waals surface area contributed by atoms with Gasteiger partial charge >= 0.3 is 6.09 Å². The van der Waals surface area contributed by atoms with Gasteiger partial charge < -0.3 is 9.72 Å². The van der Waals surface area contributed by atoms with Crippen LogP contribution < -0.4 is 5.32 Å². The topological polar surface area (TPSA) is 87.3 Å². The first kappa shape index (κ1) is 14.4. The van der Waals surface area contributed by atoms with Crippen LogP contribution >= 0.6 is 11.6 Å². The van der Waals surface area contributed by atoms with Crippen LogP contribution in [0.4, 0.5) is 10.7 Å². The first-order valence-electron chi connectivity index (χ1n) is 6.64. The predicted octanol–water partition coefficient (Wildman–Crippen LogP) is 2.12. The quantitative estimate of drug-likeness (QED) is 0.903. The number of hydrogen-bond acceptors (Lipinski definition) is 4. The normalized spacial score (nSPS) is 14.0. The fourth-order valence-corrected chi connectivity index (χ4v) is 2.20. The molecule has 2 amide bonds. The van der Waals surface area contributed by atoms with Crippen LogP contribution in [0.25, 0.3) is 11.3 Å². The van der Waals surface area contributed by atoms with Crippen molar-refractivity contribution in [3.63, 3.8) is 0 Å². The summed E-state index contributed by atoms with van der Waals surface area (Å²) in [6, 6.07) is 7.24. The summed E-state index contributed by atoms with van der Waals surface area (Å²) in [6.07, 6.45) is 1.14. The fraction of sp³-hybridized carbons (Fsp3) is 0.214. The van der Waals surface area contributed by atoms with Crippen LogP contribution in [0.2, 0.25) is 5.02 Å². The van der Waals surface area contributed by atoms with E-state index >= 15 is 0 Å². The number of imidazole rings is 1. The van der Waals surface area contributed by atoms with E-state index in [0.29, 0.717) is 24.1 Å². The van der Waals surface area contributed by atoms with E-state index in [1.807, 2.05) is 12.1 Å². The Morgan fingerprint density at radius 2 is 2.18 bits per heavy atom. The molecule has 7 nitrogen and oxygen atoms in total. The largest absolute Gasteiger partial charge is 0.448 e. The van der Waals surface area contributed by atoms with Crippen LogP contribution in [0.15, 0.2) is 30.5 Å². The van der Waals surface area contributed by atoms with E-state index in [2.05, 4.69) is 15.3 Å². The zero-order valence-corrected chi connectivity index (χ0v) is 12.3. The molecule has 1 aromatic carbocycles. The average molecular weight is 321 g/mol. The molecule has 3 rings (SSSR count). The molecule has 0 aliphatic carbocycles. The van der Waals surface area contributed by atoms with Crippen molar-refractivity contribution in [1.82, 2.24) is 14.9 Å². The number of H-pyrrole nitrogens is 1. The molecule has 0 atom stereocenters. The number of aromatic nitrogens is 2. The summed E-state index contributed by atoms with van der Waals surface area (Å²) in [5, 5.41) is 3.26. The number of nitrogens with zero attached hydrogens (tertiary/aromatic N) is 2. The van der Waals surface area contributed by atoms with Crippen molar-refractivity contribution in [3.05, 3.63) is 35.5 Å². The van der Waals surface area contributed by atoms with Crippen LogP contribution in [-0.4, -0.2) is 46.6 Å². The number of aromatic amines is 1. The van der Waals surface area contributed by atoms with Gasteiger partial charge in [0.1, 0.15) is 13.2 Å². The number of cyclic esters (lactones) is 1. The Hall–Kier alpha value is -2.54. The molecule has 2 aromatic rings. The predicted molar refractivity (Wildman–Crippen MR) is 80.6 cm³/mol. The zero-order chi connectivity index (χ0) is 15.5. The van der Waals surface area contributed by atoms with Crippen molar-refractivity contribution in [2.24, 2.45) is 0 Å². The van der Waals surface area contributed by atoms with Gasteiger partial charge in [-0.15, -0.1) is 0 Å². The second-order valence-electron chi connectivity index (χ2n) is 4.74. The smallest absolute Gasteiger partial charge is 0.410 e. The molecule has 1 aromatic heterocycles. The van der Waals surface area contributed by atoms with Crippen LogP contribution in [0.3, 0.4) is 0 Å². The van der Waals surface area contributed by atoms with Crippen molar-refractivity contribution in [1.29, 1.82) is 0 Å². The number of carbonyl (C=O) groups excluding carboxylic acids is 2. The van der Waals surface area contributed by atoms with Gasteiger partial charge in [0.05, 0.1) is 18.4 Å². The maximum Gasteiger partial charge on any atom is 0.410 e. The lowest BCUT2D eigenvalue weighted by molar-refractivity contribution is -0.116. The van der Waals surface area contributed by atoms with E-state index in [9.17, 15) is 9.59 Å². The first-order chi connectivity index (χ1) is 10.6. The molecular weight excluding hydrogens is 308 g/mol. The van der Waals surface area contributed by atoms with Crippen LogP contribution in [0.1, 0.15) is 0 Å². The molecule has 2 N–H and O–H groups in total. The van der Waals surface area contributed by atoms with Crippen LogP contribution in [0, 0.1) is 0 Å². The monoisotopic (exact) mass is 320 g/mol. The standard InChI is InChI=1S/C14H13ClN4O3/c15-10-3-1-9(2-4-10)11-7-16-13(17-11)18-12(20)8-19-5-6-22-14(19)21/h1-4,7H,5-6,8H2,(H2,16,17,18,20). The fourth-order valence-electron chi connectivity index (χ4n) is 2.08. The van der Waals surface area contributed by atoms with E-state index in [0.717, 1.165) is 11.3 Å². The number of carbonyl (C=O) groups is 2. The van der Waals surface area contributed by atoms with Crippen molar-refractivity contribution in [2.45, 2.75) is 0 Å². The Kier molecular flexibility index (Phi) is 3.97. The van der Waals surface area contributed by atoms with Crippen LogP contribution in [-0.2, 0) is 9.53 Å². The molecule has 1 aliphatic rings. The Balaban J connectivity index is 1.62. The van der Waals surface area contributed by atoms with Gasteiger partial charge in [-0.05, 0) is 17.7 Å². The summed E-state index contributed by atoms with van der Waals surface area (Å²) in [5.41, 5.74) is 1.66. The van der Waals surface area contributed by atoms with E-state index in [1.165, 1.54) is 4.90 Å². The second-order valence-corrected chi connectivity index (χ2v) is 5.17. The number of rotatable bonds is 4. The van der Waals surface area contributed by atoms with E-state index in [1.54, 1.807) is 18.3 Å².